The number of alkyl halides is 1. The quantitative estimate of drug-likeness (QED) is 0.815. The first kappa shape index (κ1) is 13.7. The van der Waals surface area contributed by atoms with E-state index in [1.54, 1.807) is 20.7 Å². The fraction of sp³-hybridized carbons (Fsp3) is 0.667. The first-order chi connectivity index (χ1) is 10.4. The highest BCUT2D eigenvalue weighted by Crippen LogP contribution is 2.46. The van der Waals surface area contributed by atoms with Gasteiger partial charge in [-0.05, 0) is 19.3 Å². The molecule has 4 rings (SSSR count). The van der Waals surface area contributed by atoms with Gasteiger partial charge in [0.05, 0.1) is 11.9 Å². The monoisotopic (exact) mass is 306 g/mol. The largest absolute Gasteiger partial charge is 0.339 e. The summed E-state index contributed by atoms with van der Waals surface area (Å²) in [6.45, 7) is 1.62. The summed E-state index contributed by atoms with van der Waals surface area (Å²) in [5.41, 5.74) is -1.05. The van der Waals surface area contributed by atoms with Crippen LogP contribution in [0.1, 0.15) is 25.7 Å². The number of rotatable bonds is 2. The number of aromatic nitrogens is 2. The molecule has 2 saturated heterocycles. The number of aryl methyl sites for hydroxylation is 1. The Morgan fingerprint density at radius 2 is 2.09 bits per heavy atom. The molecule has 0 radical (unpaired) electrons. The van der Waals surface area contributed by atoms with Crippen molar-refractivity contribution in [3.05, 3.63) is 12.4 Å². The van der Waals surface area contributed by atoms with Crippen LogP contribution in [0.4, 0.5) is 10.1 Å². The fourth-order valence-corrected chi connectivity index (χ4v) is 3.67. The van der Waals surface area contributed by atoms with Crippen molar-refractivity contribution in [1.82, 2.24) is 14.7 Å². The maximum atomic E-state index is 14.0. The third kappa shape index (κ3) is 2.02. The van der Waals surface area contributed by atoms with Crippen LogP contribution in [-0.4, -0.2) is 51.8 Å². The molecule has 1 aliphatic carbocycles. The van der Waals surface area contributed by atoms with E-state index in [1.807, 2.05) is 13.2 Å². The van der Waals surface area contributed by atoms with Gasteiger partial charge in [0.25, 0.3) is 5.91 Å². The van der Waals surface area contributed by atoms with E-state index in [4.69, 9.17) is 0 Å². The molecule has 1 saturated carbocycles. The maximum Gasteiger partial charge on any atom is 0.260 e. The Morgan fingerprint density at radius 1 is 1.32 bits per heavy atom. The van der Waals surface area contributed by atoms with Crippen LogP contribution < -0.4 is 4.90 Å². The van der Waals surface area contributed by atoms with E-state index >= 15 is 0 Å². The van der Waals surface area contributed by atoms with Gasteiger partial charge in [-0.2, -0.15) is 5.10 Å². The lowest BCUT2D eigenvalue weighted by Crippen LogP contribution is -2.39. The molecule has 0 N–H and O–H groups in total. The molecule has 1 spiro atoms. The standard InChI is InChI=1S/C15H19FN4O2/c1-18-8-11(7-17-18)20-10-14(6-12(20)21)4-5-19(9-14)13(22)15(16)2-3-15/h7-8H,2-6,9-10H2,1H3/t14-/m0/s1. The summed E-state index contributed by atoms with van der Waals surface area (Å²) >= 11 is 0. The van der Waals surface area contributed by atoms with E-state index in [0.717, 1.165) is 12.1 Å². The fourth-order valence-electron chi connectivity index (χ4n) is 3.67. The Bertz CT molecular complexity index is 654. The Morgan fingerprint density at radius 3 is 2.73 bits per heavy atom. The molecule has 1 aromatic heterocycles. The molecule has 7 heteroatoms. The molecule has 6 nitrogen and oxygen atoms in total. The Labute approximate surface area is 127 Å². The number of hydrogen-bond donors (Lipinski definition) is 0. The van der Waals surface area contributed by atoms with Crippen molar-refractivity contribution in [2.24, 2.45) is 12.5 Å². The van der Waals surface area contributed by atoms with Crippen LogP contribution in [0.15, 0.2) is 12.4 Å². The molecular formula is C15H19FN4O2. The van der Waals surface area contributed by atoms with E-state index < -0.39 is 5.67 Å². The molecule has 0 aromatic carbocycles. The maximum absolute atomic E-state index is 14.0. The number of likely N-dealkylation sites (tertiary alicyclic amines) is 1. The number of hydrogen-bond acceptors (Lipinski definition) is 3. The second-order valence-electron chi connectivity index (χ2n) is 6.97. The van der Waals surface area contributed by atoms with Gasteiger partial charge in [-0.1, -0.05) is 0 Å². The molecule has 2 amide bonds. The molecular weight excluding hydrogens is 287 g/mol. The van der Waals surface area contributed by atoms with Gasteiger partial charge in [0.1, 0.15) is 0 Å². The molecule has 3 aliphatic rings. The number of amides is 2. The van der Waals surface area contributed by atoms with Crippen molar-refractivity contribution in [3.8, 4) is 0 Å². The van der Waals surface area contributed by atoms with E-state index in [1.165, 1.54) is 0 Å². The Kier molecular flexibility index (Phi) is 2.68. The van der Waals surface area contributed by atoms with Gasteiger partial charge in [0, 0.05) is 44.7 Å². The Balaban J connectivity index is 1.50. The lowest BCUT2D eigenvalue weighted by molar-refractivity contribution is -0.137. The summed E-state index contributed by atoms with van der Waals surface area (Å²) in [4.78, 5) is 27.8. The summed E-state index contributed by atoms with van der Waals surface area (Å²) in [6.07, 6.45) is 5.36. The van der Waals surface area contributed by atoms with Gasteiger partial charge in [0.15, 0.2) is 5.67 Å². The zero-order chi connectivity index (χ0) is 15.5. The average Bonchev–Trinajstić information content (AvgIpc) is 2.85. The topological polar surface area (TPSA) is 58.4 Å². The van der Waals surface area contributed by atoms with Crippen LogP contribution in [0.25, 0.3) is 0 Å². The molecule has 3 heterocycles. The highest BCUT2D eigenvalue weighted by Gasteiger charge is 2.56. The number of carbonyl (C=O) groups is 2. The summed E-state index contributed by atoms with van der Waals surface area (Å²) < 4.78 is 15.6. The van der Waals surface area contributed by atoms with E-state index in [0.29, 0.717) is 38.9 Å². The van der Waals surface area contributed by atoms with Crippen molar-refractivity contribution in [2.45, 2.75) is 31.4 Å². The van der Waals surface area contributed by atoms with Crippen molar-refractivity contribution >= 4 is 17.5 Å². The highest BCUT2D eigenvalue weighted by atomic mass is 19.1. The van der Waals surface area contributed by atoms with Crippen LogP contribution in [0.5, 0.6) is 0 Å². The van der Waals surface area contributed by atoms with Crippen LogP contribution in [0.3, 0.4) is 0 Å². The first-order valence-corrected chi connectivity index (χ1v) is 7.68. The van der Waals surface area contributed by atoms with E-state index in [2.05, 4.69) is 5.10 Å². The summed E-state index contributed by atoms with van der Waals surface area (Å²) in [5, 5.41) is 4.10. The van der Waals surface area contributed by atoms with Crippen LogP contribution in [-0.2, 0) is 16.6 Å². The van der Waals surface area contributed by atoms with Crippen molar-refractivity contribution in [3.63, 3.8) is 0 Å². The Hall–Kier alpha value is -1.92. The normalized spacial score (nSPS) is 29.6. The minimum Gasteiger partial charge on any atom is -0.339 e. The summed E-state index contributed by atoms with van der Waals surface area (Å²) in [6, 6.07) is 0. The third-order valence-corrected chi connectivity index (χ3v) is 5.12. The van der Waals surface area contributed by atoms with Gasteiger partial charge in [-0.3, -0.25) is 14.3 Å². The number of halogens is 1. The summed E-state index contributed by atoms with van der Waals surface area (Å²) in [5.74, 6) is -0.319. The van der Waals surface area contributed by atoms with E-state index in [-0.39, 0.29) is 17.2 Å². The highest BCUT2D eigenvalue weighted by molar-refractivity contribution is 5.96. The van der Waals surface area contributed by atoms with Crippen molar-refractivity contribution < 1.29 is 14.0 Å². The van der Waals surface area contributed by atoms with Gasteiger partial charge in [-0.15, -0.1) is 0 Å². The minimum atomic E-state index is -1.61. The molecule has 3 fully saturated rings. The van der Waals surface area contributed by atoms with Gasteiger partial charge in [0.2, 0.25) is 5.91 Å². The average molecular weight is 306 g/mol. The molecule has 0 unspecified atom stereocenters. The SMILES string of the molecule is Cn1cc(N2C[C@@]3(CCN(C(=O)C4(F)CC4)C3)CC2=O)cn1. The minimum absolute atomic E-state index is 0.0590. The number of nitrogens with zero attached hydrogens (tertiary/aromatic N) is 4. The second kappa shape index (κ2) is 4.30. The predicted octanol–water partition coefficient (Wildman–Crippen LogP) is 0.878. The predicted molar refractivity (Wildman–Crippen MR) is 76.9 cm³/mol. The number of anilines is 1. The zero-order valence-corrected chi connectivity index (χ0v) is 12.6. The van der Waals surface area contributed by atoms with Crippen LogP contribution in [0, 0.1) is 5.41 Å². The van der Waals surface area contributed by atoms with E-state index in [9.17, 15) is 14.0 Å². The van der Waals surface area contributed by atoms with Crippen LogP contribution in [0.2, 0.25) is 0 Å². The zero-order valence-electron chi connectivity index (χ0n) is 12.6. The van der Waals surface area contributed by atoms with Gasteiger partial charge < -0.3 is 9.80 Å². The third-order valence-electron chi connectivity index (χ3n) is 5.12. The molecule has 118 valence electrons. The first-order valence-electron chi connectivity index (χ1n) is 7.68. The van der Waals surface area contributed by atoms with Gasteiger partial charge >= 0.3 is 0 Å². The smallest absolute Gasteiger partial charge is 0.260 e. The van der Waals surface area contributed by atoms with Gasteiger partial charge in [-0.25, -0.2) is 4.39 Å². The van der Waals surface area contributed by atoms with Crippen molar-refractivity contribution in [1.29, 1.82) is 0 Å². The number of carbonyl (C=O) groups excluding carboxylic acids is 2. The molecule has 0 bridgehead atoms. The lowest BCUT2D eigenvalue weighted by Gasteiger charge is -2.24. The molecule has 1 aromatic rings. The lowest BCUT2D eigenvalue weighted by atomic mass is 9.86. The van der Waals surface area contributed by atoms with Crippen molar-refractivity contribution in [2.75, 3.05) is 24.5 Å². The summed E-state index contributed by atoms with van der Waals surface area (Å²) in [7, 11) is 1.81. The molecule has 2 aliphatic heterocycles. The van der Waals surface area contributed by atoms with Crippen LogP contribution >= 0.6 is 0 Å². The second-order valence-corrected chi connectivity index (χ2v) is 6.97. The molecule has 22 heavy (non-hydrogen) atoms. The molecule has 1 atom stereocenters.